The van der Waals surface area contributed by atoms with Gasteiger partial charge in [-0.2, -0.15) is 26.3 Å². The predicted molar refractivity (Wildman–Crippen MR) is 120 cm³/mol. The Labute approximate surface area is 207 Å². The number of rotatable bonds is 4. The maximum absolute atomic E-state index is 14.0. The van der Waals surface area contributed by atoms with Gasteiger partial charge in [0.05, 0.1) is 16.8 Å². The summed E-state index contributed by atoms with van der Waals surface area (Å²) >= 11 is 0. The number of carbonyl (C=O) groups excluding carboxylic acids is 4. The van der Waals surface area contributed by atoms with Crippen molar-refractivity contribution in [2.75, 3.05) is 11.9 Å². The second-order valence-corrected chi connectivity index (χ2v) is 8.85. The highest BCUT2D eigenvalue weighted by Gasteiger charge is 2.40. The minimum absolute atomic E-state index is 0.167. The first kappa shape index (κ1) is 27.9. The van der Waals surface area contributed by atoms with Gasteiger partial charge in [0.1, 0.15) is 0 Å². The standard InChI is InChI=1S/C25H22F6N2O4/c1-13-4-6-17(19(8-13)24(26,27)28)18-7-5-16(12-20(18)25(29,30)31)33(14(2)34)23(37)11-15-9-21(35)32(3)22(36)10-15/h4-8,12,15H,9-11H2,1-3H3. The average Bonchev–Trinajstić information content (AvgIpc) is 2.76. The number of carbonyl (C=O) groups is 4. The minimum atomic E-state index is -5.13. The molecule has 2 aromatic rings. The highest BCUT2D eigenvalue weighted by Crippen LogP contribution is 2.44. The molecule has 0 aromatic heterocycles. The first-order chi connectivity index (χ1) is 17.0. The van der Waals surface area contributed by atoms with Crippen LogP contribution in [0.1, 0.15) is 42.9 Å². The van der Waals surface area contributed by atoms with E-state index < -0.39 is 76.3 Å². The number of benzene rings is 2. The van der Waals surface area contributed by atoms with Crippen molar-refractivity contribution >= 4 is 29.3 Å². The van der Waals surface area contributed by atoms with Crippen LogP contribution < -0.4 is 4.90 Å². The van der Waals surface area contributed by atoms with Gasteiger partial charge in [-0.05, 0) is 42.2 Å². The van der Waals surface area contributed by atoms with Gasteiger partial charge in [0.25, 0.3) is 0 Å². The molecule has 1 aliphatic heterocycles. The maximum atomic E-state index is 14.0. The summed E-state index contributed by atoms with van der Waals surface area (Å²) in [6.45, 7) is 2.31. The lowest BCUT2D eigenvalue weighted by Crippen LogP contribution is -2.43. The van der Waals surface area contributed by atoms with E-state index >= 15 is 0 Å². The van der Waals surface area contributed by atoms with Crippen molar-refractivity contribution in [2.45, 2.75) is 45.5 Å². The number of amides is 4. The summed E-state index contributed by atoms with van der Waals surface area (Å²) in [6.07, 6.45) is -10.9. The van der Waals surface area contributed by atoms with Crippen molar-refractivity contribution in [3.63, 3.8) is 0 Å². The second kappa shape index (κ2) is 9.98. The molecule has 1 aliphatic rings. The zero-order valence-electron chi connectivity index (χ0n) is 20.0. The highest BCUT2D eigenvalue weighted by molar-refractivity contribution is 6.14. The van der Waals surface area contributed by atoms with E-state index in [0.29, 0.717) is 11.0 Å². The van der Waals surface area contributed by atoms with Crippen molar-refractivity contribution in [3.8, 4) is 11.1 Å². The lowest BCUT2D eigenvalue weighted by molar-refractivity contribution is -0.148. The number of nitrogens with zero attached hydrogens (tertiary/aromatic N) is 2. The number of hydrogen-bond donors (Lipinski definition) is 0. The molecule has 0 radical (unpaired) electrons. The van der Waals surface area contributed by atoms with Crippen LogP contribution in [-0.4, -0.2) is 35.6 Å². The Morgan fingerprint density at radius 2 is 1.38 bits per heavy atom. The Hall–Kier alpha value is -3.70. The molecule has 0 N–H and O–H groups in total. The molecular weight excluding hydrogens is 506 g/mol. The quantitative estimate of drug-likeness (QED) is 0.396. The van der Waals surface area contributed by atoms with Gasteiger partial charge in [-0.3, -0.25) is 29.0 Å². The van der Waals surface area contributed by atoms with Crippen LogP contribution in [0.25, 0.3) is 11.1 Å². The van der Waals surface area contributed by atoms with E-state index in [9.17, 15) is 45.5 Å². The molecular formula is C25H22F6N2O4. The molecule has 1 heterocycles. The van der Waals surface area contributed by atoms with Gasteiger partial charge < -0.3 is 0 Å². The summed E-state index contributed by atoms with van der Waals surface area (Å²) in [5.74, 6) is -3.72. The molecule has 6 nitrogen and oxygen atoms in total. The number of likely N-dealkylation sites (tertiary alicyclic amines) is 1. The summed E-state index contributed by atoms with van der Waals surface area (Å²) in [5.41, 5.74) is -4.52. The largest absolute Gasteiger partial charge is 0.417 e. The lowest BCUT2D eigenvalue weighted by atomic mass is 9.91. The highest BCUT2D eigenvalue weighted by atomic mass is 19.4. The molecule has 0 atom stereocenters. The summed E-state index contributed by atoms with van der Waals surface area (Å²) in [7, 11) is 1.28. The lowest BCUT2D eigenvalue weighted by Gasteiger charge is -2.28. The van der Waals surface area contributed by atoms with Crippen LogP contribution >= 0.6 is 0 Å². The molecule has 37 heavy (non-hydrogen) atoms. The fraction of sp³-hybridized carbons (Fsp3) is 0.360. The summed E-state index contributed by atoms with van der Waals surface area (Å²) in [5, 5.41) is 0. The van der Waals surface area contributed by atoms with Crippen molar-refractivity contribution in [3.05, 3.63) is 53.1 Å². The molecule has 0 spiro atoms. The SMILES string of the molecule is CC(=O)N(C(=O)CC1CC(=O)N(C)C(=O)C1)c1ccc(-c2ccc(C)cc2C(F)(F)F)c(C(F)(F)F)c1. The van der Waals surface area contributed by atoms with Gasteiger partial charge in [0.2, 0.25) is 23.6 Å². The molecule has 0 unspecified atom stereocenters. The predicted octanol–water partition coefficient (Wildman–Crippen LogP) is 5.36. The fourth-order valence-corrected chi connectivity index (χ4v) is 4.23. The van der Waals surface area contributed by atoms with Gasteiger partial charge in [0.15, 0.2) is 0 Å². The van der Waals surface area contributed by atoms with Crippen molar-refractivity contribution in [1.82, 2.24) is 4.90 Å². The van der Waals surface area contributed by atoms with Crippen LogP contribution in [0.5, 0.6) is 0 Å². The number of piperidine rings is 1. The summed E-state index contributed by atoms with van der Waals surface area (Å²) in [6, 6.07) is 5.09. The molecule has 2 aromatic carbocycles. The molecule has 0 aliphatic carbocycles. The summed E-state index contributed by atoms with van der Waals surface area (Å²) in [4.78, 5) is 50.4. The van der Waals surface area contributed by atoms with Gasteiger partial charge in [-0.25, -0.2) is 0 Å². The smallest absolute Gasteiger partial charge is 0.286 e. The monoisotopic (exact) mass is 528 g/mol. The van der Waals surface area contributed by atoms with Gasteiger partial charge in [-0.15, -0.1) is 0 Å². The van der Waals surface area contributed by atoms with E-state index in [1.165, 1.54) is 20.0 Å². The van der Waals surface area contributed by atoms with Crippen LogP contribution in [0.3, 0.4) is 0 Å². The topological polar surface area (TPSA) is 74.8 Å². The number of anilines is 1. The van der Waals surface area contributed by atoms with Crippen LogP contribution in [0.15, 0.2) is 36.4 Å². The Balaban J connectivity index is 2.06. The normalized spacial score (nSPS) is 15.2. The molecule has 0 saturated carbocycles. The van der Waals surface area contributed by atoms with Crippen molar-refractivity contribution in [1.29, 1.82) is 0 Å². The molecule has 1 fully saturated rings. The second-order valence-electron chi connectivity index (χ2n) is 8.85. The number of aryl methyl sites for hydroxylation is 1. The molecule has 198 valence electrons. The van der Waals surface area contributed by atoms with Gasteiger partial charge >= 0.3 is 12.4 Å². The van der Waals surface area contributed by atoms with E-state index in [1.807, 2.05) is 0 Å². The van der Waals surface area contributed by atoms with Gasteiger partial charge in [-0.1, -0.05) is 23.8 Å². The van der Waals surface area contributed by atoms with Crippen LogP contribution in [0.2, 0.25) is 0 Å². The minimum Gasteiger partial charge on any atom is -0.286 e. The third kappa shape index (κ3) is 6.00. The number of hydrogen-bond acceptors (Lipinski definition) is 4. The van der Waals surface area contributed by atoms with Crippen molar-refractivity contribution in [2.24, 2.45) is 5.92 Å². The van der Waals surface area contributed by atoms with E-state index in [1.54, 1.807) is 0 Å². The molecule has 1 saturated heterocycles. The van der Waals surface area contributed by atoms with Crippen LogP contribution in [0, 0.1) is 12.8 Å². The molecule has 0 bridgehead atoms. The number of imide groups is 2. The number of halogens is 6. The molecule has 12 heteroatoms. The first-order valence-electron chi connectivity index (χ1n) is 11.0. The van der Waals surface area contributed by atoms with E-state index in [4.69, 9.17) is 0 Å². The number of alkyl halides is 6. The Morgan fingerprint density at radius 1 is 0.892 bits per heavy atom. The Bertz CT molecular complexity index is 1250. The third-order valence-corrected chi connectivity index (χ3v) is 6.04. The van der Waals surface area contributed by atoms with E-state index in [0.717, 1.165) is 36.1 Å². The van der Waals surface area contributed by atoms with Crippen LogP contribution in [-0.2, 0) is 31.5 Å². The first-order valence-corrected chi connectivity index (χ1v) is 11.0. The Kier molecular flexibility index (Phi) is 7.52. The van der Waals surface area contributed by atoms with E-state index in [2.05, 4.69) is 0 Å². The van der Waals surface area contributed by atoms with E-state index in [-0.39, 0.29) is 18.4 Å². The zero-order chi connectivity index (χ0) is 27.9. The summed E-state index contributed by atoms with van der Waals surface area (Å²) < 4.78 is 83.0. The molecule has 4 amide bonds. The maximum Gasteiger partial charge on any atom is 0.417 e. The van der Waals surface area contributed by atoms with Crippen LogP contribution in [0.4, 0.5) is 32.0 Å². The molecule has 3 rings (SSSR count). The third-order valence-electron chi connectivity index (χ3n) is 6.04. The average molecular weight is 528 g/mol. The van der Waals surface area contributed by atoms with Crippen molar-refractivity contribution < 1.29 is 45.5 Å². The Morgan fingerprint density at radius 3 is 1.86 bits per heavy atom. The van der Waals surface area contributed by atoms with Gasteiger partial charge in [0, 0.05) is 33.2 Å². The zero-order valence-corrected chi connectivity index (χ0v) is 20.0. The fourth-order valence-electron chi connectivity index (χ4n) is 4.23.